The van der Waals surface area contributed by atoms with E-state index < -0.39 is 0 Å². The molecule has 0 saturated heterocycles. The Balaban J connectivity index is 2.26. The molecule has 0 aliphatic rings. The van der Waals surface area contributed by atoms with Gasteiger partial charge in [0.15, 0.2) is 0 Å². The molecule has 0 saturated carbocycles. The van der Waals surface area contributed by atoms with Crippen molar-refractivity contribution in [3.05, 3.63) is 52.0 Å². The van der Waals surface area contributed by atoms with Gasteiger partial charge in [0.2, 0.25) is 0 Å². The molecule has 0 amide bonds. The van der Waals surface area contributed by atoms with Crippen LogP contribution in [0.25, 0.3) is 0 Å². The van der Waals surface area contributed by atoms with Gasteiger partial charge < -0.3 is 11.1 Å². The van der Waals surface area contributed by atoms with Gasteiger partial charge in [0.1, 0.15) is 10.8 Å². The molecule has 1 unspecified atom stereocenters. The Hall–Kier alpha value is -1.46. The number of nitrogens with two attached hydrogens (primary N) is 1. The second-order valence-corrected chi connectivity index (χ2v) is 5.35. The normalized spacial score (nSPS) is 12.1. The summed E-state index contributed by atoms with van der Waals surface area (Å²) in [7, 11) is 0. The van der Waals surface area contributed by atoms with Gasteiger partial charge in [-0.1, -0.05) is 18.3 Å². The number of halogens is 1. The maximum Gasteiger partial charge on any atom is 0.124 e. The number of hydrogen-bond acceptors (Lipinski definition) is 3. The average Bonchev–Trinajstić information content (AvgIpc) is 2.84. The van der Waals surface area contributed by atoms with Gasteiger partial charge in [-0.05, 0) is 36.6 Å². The monoisotopic (exact) mass is 280 g/mol. The zero-order chi connectivity index (χ0) is 13.1. The van der Waals surface area contributed by atoms with E-state index in [2.05, 4.69) is 5.32 Å². The first kappa shape index (κ1) is 13.0. The summed E-state index contributed by atoms with van der Waals surface area (Å²) < 4.78 is 13.2. The highest BCUT2D eigenvalue weighted by atomic mass is 32.1. The maximum absolute atomic E-state index is 13.2. The molecule has 5 heteroatoms. The number of hydrogen-bond donors (Lipinski definition) is 2. The molecule has 0 aliphatic carbocycles. The van der Waals surface area contributed by atoms with E-state index in [-0.39, 0.29) is 16.8 Å². The number of rotatable bonds is 4. The second kappa shape index (κ2) is 5.46. The molecular weight excluding hydrogens is 267 g/mol. The standard InChI is InChI=1S/C13H13FN2S2/c1-8(12-3-2-6-18-12)16-11-5-4-9(14)7-10(11)13(15)17/h2-8,16H,1H3,(H2,15,17). The van der Waals surface area contributed by atoms with Crippen LogP contribution in [0.1, 0.15) is 23.4 Å². The van der Waals surface area contributed by atoms with Crippen molar-refractivity contribution < 1.29 is 4.39 Å². The van der Waals surface area contributed by atoms with Gasteiger partial charge in [0, 0.05) is 16.1 Å². The van der Waals surface area contributed by atoms with Crippen LogP contribution in [0.15, 0.2) is 35.7 Å². The van der Waals surface area contributed by atoms with E-state index in [0.29, 0.717) is 5.56 Å². The quantitative estimate of drug-likeness (QED) is 0.839. The van der Waals surface area contributed by atoms with E-state index in [0.717, 1.165) is 5.69 Å². The molecule has 0 fully saturated rings. The van der Waals surface area contributed by atoms with Crippen molar-refractivity contribution in [1.82, 2.24) is 0 Å². The van der Waals surface area contributed by atoms with E-state index in [1.54, 1.807) is 17.4 Å². The number of anilines is 1. The molecule has 2 rings (SSSR count). The van der Waals surface area contributed by atoms with Crippen molar-refractivity contribution in [2.75, 3.05) is 5.32 Å². The number of thiophene rings is 1. The largest absolute Gasteiger partial charge is 0.389 e. The molecule has 2 aromatic rings. The van der Waals surface area contributed by atoms with Crippen molar-refractivity contribution in [2.24, 2.45) is 5.73 Å². The Morgan fingerprint density at radius 3 is 2.83 bits per heavy atom. The van der Waals surface area contributed by atoms with Crippen molar-refractivity contribution in [1.29, 1.82) is 0 Å². The van der Waals surface area contributed by atoms with E-state index in [4.69, 9.17) is 18.0 Å². The first-order chi connectivity index (χ1) is 8.58. The second-order valence-electron chi connectivity index (χ2n) is 3.94. The fourth-order valence-electron chi connectivity index (χ4n) is 1.69. The summed E-state index contributed by atoms with van der Waals surface area (Å²) in [6.07, 6.45) is 0. The Morgan fingerprint density at radius 1 is 1.44 bits per heavy atom. The zero-order valence-corrected chi connectivity index (χ0v) is 11.4. The summed E-state index contributed by atoms with van der Waals surface area (Å²) in [6, 6.07) is 8.58. The smallest absolute Gasteiger partial charge is 0.124 e. The third-order valence-electron chi connectivity index (χ3n) is 2.59. The average molecular weight is 280 g/mol. The van der Waals surface area contributed by atoms with Gasteiger partial charge in [0.05, 0.1) is 6.04 Å². The molecular formula is C13H13FN2S2. The van der Waals surface area contributed by atoms with Gasteiger partial charge in [-0.2, -0.15) is 0 Å². The molecule has 1 aromatic carbocycles. The van der Waals surface area contributed by atoms with Crippen LogP contribution >= 0.6 is 23.6 Å². The molecule has 2 nitrogen and oxygen atoms in total. The zero-order valence-electron chi connectivity index (χ0n) is 9.81. The molecule has 0 aliphatic heterocycles. The lowest BCUT2D eigenvalue weighted by Gasteiger charge is -2.16. The Bertz CT molecular complexity index is 552. The summed E-state index contributed by atoms with van der Waals surface area (Å²) in [4.78, 5) is 1.39. The summed E-state index contributed by atoms with van der Waals surface area (Å²) >= 11 is 6.60. The molecule has 1 atom stereocenters. The first-order valence-electron chi connectivity index (χ1n) is 5.47. The van der Waals surface area contributed by atoms with Crippen LogP contribution in [0.2, 0.25) is 0 Å². The highest BCUT2D eigenvalue weighted by Gasteiger charge is 2.11. The summed E-state index contributed by atoms with van der Waals surface area (Å²) in [6.45, 7) is 2.04. The van der Waals surface area contributed by atoms with Crippen LogP contribution in [0.4, 0.5) is 10.1 Å². The summed E-state index contributed by atoms with van der Waals surface area (Å²) in [5.74, 6) is -0.341. The third kappa shape index (κ3) is 2.86. The Labute approximate surface area is 115 Å². The minimum absolute atomic E-state index is 0.128. The first-order valence-corrected chi connectivity index (χ1v) is 6.76. The predicted molar refractivity (Wildman–Crippen MR) is 78.6 cm³/mol. The molecule has 0 radical (unpaired) electrons. The van der Waals surface area contributed by atoms with Crippen LogP contribution in [-0.2, 0) is 0 Å². The van der Waals surface area contributed by atoms with Gasteiger partial charge >= 0.3 is 0 Å². The van der Waals surface area contributed by atoms with Gasteiger partial charge in [-0.25, -0.2) is 4.39 Å². The predicted octanol–water partition coefficient (Wildman–Crippen LogP) is 3.69. The van der Waals surface area contributed by atoms with Crippen LogP contribution in [0.3, 0.4) is 0 Å². The molecule has 0 spiro atoms. The number of thiocarbonyl (C=S) groups is 1. The minimum atomic E-state index is -0.341. The summed E-state index contributed by atoms with van der Waals surface area (Å²) in [5.41, 5.74) is 6.90. The molecule has 3 N–H and O–H groups in total. The Kier molecular flexibility index (Phi) is 3.93. The topological polar surface area (TPSA) is 38.0 Å². The lowest BCUT2D eigenvalue weighted by molar-refractivity contribution is 0.627. The molecule has 94 valence electrons. The van der Waals surface area contributed by atoms with E-state index in [9.17, 15) is 4.39 Å². The molecule has 1 heterocycles. The van der Waals surface area contributed by atoms with Crippen molar-refractivity contribution in [3.63, 3.8) is 0 Å². The molecule has 18 heavy (non-hydrogen) atoms. The fraction of sp³-hybridized carbons (Fsp3) is 0.154. The van der Waals surface area contributed by atoms with Gasteiger partial charge in [-0.3, -0.25) is 0 Å². The van der Waals surface area contributed by atoms with Crippen LogP contribution in [0.5, 0.6) is 0 Å². The highest BCUT2D eigenvalue weighted by Crippen LogP contribution is 2.25. The SMILES string of the molecule is CC(Nc1ccc(F)cc1C(N)=S)c1cccs1. The minimum Gasteiger partial charge on any atom is -0.389 e. The van der Waals surface area contributed by atoms with E-state index in [1.807, 2.05) is 24.4 Å². The summed E-state index contributed by atoms with van der Waals surface area (Å²) in [5, 5.41) is 5.32. The van der Waals surface area contributed by atoms with Crippen LogP contribution in [-0.4, -0.2) is 4.99 Å². The van der Waals surface area contributed by atoms with Gasteiger partial charge in [-0.15, -0.1) is 11.3 Å². The highest BCUT2D eigenvalue weighted by molar-refractivity contribution is 7.80. The van der Waals surface area contributed by atoms with E-state index in [1.165, 1.54) is 17.0 Å². The fourth-order valence-corrected chi connectivity index (χ4v) is 2.59. The van der Waals surface area contributed by atoms with Crippen LogP contribution < -0.4 is 11.1 Å². The van der Waals surface area contributed by atoms with E-state index >= 15 is 0 Å². The molecule has 0 bridgehead atoms. The van der Waals surface area contributed by atoms with Crippen molar-refractivity contribution in [2.45, 2.75) is 13.0 Å². The number of benzene rings is 1. The number of nitrogens with one attached hydrogen (secondary N) is 1. The van der Waals surface area contributed by atoms with Gasteiger partial charge in [0.25, 0.3) is 0 Å². The molecule has 1 aromatic heterocycles. The van der Waals surface area contributed by atoms with Crippen molar-refractivity contribution >= 4 is 34.2 Å². The lowest BCUT2D eigenvalue weighted by Crippen LogP contribution is -2.15. The van der Waals surface area contributed by atoms with Crippen LogP contribution in [0, 0.1) is 5.82 Å². The third-order valence-corrected chi connectivity index (χ3v) is 3.86. The Morgan fingerprint density at radius 2 is 2.22 bits per heavy atom. The van der Waals surface area contributed by atoms with Crippen molar-refractivity contribution in [3.8, 4) is 0 Å². The maximum atomic E-state index is 13.2. The lowest BCUT2D eigenvalue weighted by atomic mass is 10.1.